The Labute approximate surface area is 168 Å². The van der Waals surface area contributed by atoms with E-state index < -0.39 is 0 Å². The van der Waals surface area contributed by atoms with E-state index in [0.717, 1.165) is 11.4 Å². The van der Waals surface area contributed by atoms with Crippen molar-refractivity contribution >= 4 is 29.0 Å². The third-order valence-electron chi connectivity index (χ3n) is 4.29. The van der Waals surface area contributed by atoms with E-state index in [1.165, 1.54) is 0 Å². The quantitative estimate of drug-likeness (QED) is 0.590. The summed E-state index contributed by atoms with van der Waals surface area (Å²) in [5.74, 6) is -0.0426. The van der Waals surface area contributed by atoms with Crippen molar-refractivity contribution in [3.8, 4) is 5.69 Å². The Morgan fingerprint density at radius 2 is 1.86 bits per heavy atom. The van der Waals surface area contributed by atoms with Crippen LogP contribution in [0.1, 0.15) is 48.7 Å². The summed E-state index contributed by atoms with van der Waals surface area (Å²) in [5, 5.41) is 11.5. The van der Waals surface area contributed by atoms with Crippen molar-refractivity contribution in [2.45, 2.75) is 32.6 Å². The number of nitrogens with one attached hydrogen (secondary N) is 1. The lowest BCUT2D eigenvalue weighted by molar-refractivity contribution is -0.116. The molecule has 2 aromatic carbocycles. The van der Waals surface area contributed by atoms with Crippen molar-refractivity contribution in [1.82, 2.24) is 15.0 Å². The lowest BCUT2D eigenvalue weighted by Gasteiger charge is -2.11. The number of anilines is 1. The van der Waals surface area contributed by atoms with E-state index in [2.05, 4.69) is 29.5 Å². The number of Topliss-reactive ketones (excluding diaryl/α,β-unsaturated/α-hetero) is 1. The number of amides is 1. The first-order chi connectivity index (χ1) is 13.4. The zero-order valence-electron chi connectivity index (χ0n) is 15.7. The van der Waals surface area contributed by atoms with Gasteiger partial charge in [-0.25, -0.2) is 4.68 Å². The molecule has 0 saturated heterocycles. The van der Waals surface area contributed by atoms with Crippen LogP contribution in [0.15, 0.2) is 54.7 Å². The van der Waals surface area contributed by atoms with Crippen molar-refractivity contribution in [3.63, 3.8) is 0 Å². The van der Waals surface area contributed by atoms with E-state index in [0.29, 0.717) is 16.3 Å². The van der Waals surface area contributed by atoms with E-state index >= 15 is 0 Å². The molecule has 0 spiro atoms. The highest BCUT2D eigenvalue weighted by atomic mass is 35.5. The van der Waals surface area contributed by atoms with Gasteiger partial charge >= 0.3 is 0 Å². The van der Waals surface area contributed by atoms with Crippen molar-refractivity contribution in [2.75, 3.05) is 5.32 Å². The Balaban J connectivity index is 1.62. The van der Waals surface area contributed by atoms with Gasteiger partial charge in [-0.2, -0.15) is 0 Å². The highest BCUT2D eigenvalue weighted by Crippen LogP contribution is 2.20. The summed E-state index contributed by atoms with van der Waals surface area (Å²) in [6, 6.07) is 14.0. The van der Waals surface area contributed by atoms with Crippen LogP contribution >= 0.6 is 11.6 Å². The minimum Gasteiger partial charge on any atom is -0.326 e. The van der Waals surface area contributed by atoms with Crippen LogP contribution in [0.2, 0.25) is 5.02 Å². The minimum atomic E-state index is -0.220. The zero-order valence-corrected chi connectivity index (χ0v) is 16.5. The van der Waals surface area contributed by atoms with Gasteiger partial charge in [0, 0.05) is 29.1 Å². The molecule has 1 aromatic heterocycles. The predicted octanol–water partition coefficient (Wildman–Crippen LogP) is 4.65. The summed E-state index contributed by atoms with van der Waals surface area (Å²) < 4.78 is 1.75. The third-order valence-corrected chi connectivity index (χ3v) is 4.54. The molecule has 0 atom stereocenters. The molecule has 7 heteroatoms. The highest BCUT2D eigenvalue weighted by molar-refractivity contribution is 6.30. The molecule has 0 aliphatic carbocycles. The smallest absolute Gasteiger partial charge is 0.224 e. The number of benzene rings is 2. The predicted molar refractivity (Wildman–Crippen MR) is 109 cm³/mol. The standard InChI is InChI=1S/C21H21ClN4O2/c1-14(2)19-13-23-25-26(19)18-5-3-4-17(12-18)24-21(28)11-10-20(27)15-6-8-16(22)9-7-15/h3-9,12-14H,10-11H2,1-2H3,(H,24,28). The second-order valence-corrected chi connectivity index (χ2v) is 7.19. The van der Waals surface area contributed by atoms with Crippen LogP contribution in [0.4, 0.5) is 5.69 Å². The van der Waals surface area contributed by atoms with E-state index in [1.54, 1.807) is 41.2 Å². The number of ketones is 1. The van der Waals surface area contributed by atoms with Crippen LogP contribution in [0.3, 0.4) is 0 Å². The van der Waals surface area contributed by atoms with Crippen LogP contribution in [0, 0.1) is 0 Å². The van der Waals surface area contributed by atoms with E-state index in [1.807, 2.05) is 18.2 Å². The maximum absolute atomic E-state index is 12.3. The minimum absolute atomic E-state index is 0.0928. The van der Waals surface area contributed by atoms with Crippen LogP contribution in [0.25, 0.3) is 5.69 Å². The molecule has 1 amide bonds. The fourth-order valence-electron chi connectivity index (χ4n) is 2.78. The maximum atomic E-state index is 12.3. The Bertz CT molecular complexity index is 980. The molecular formula is C21H21ClN4O2. The van der Waals surface area contributed by atoms with Gasteiger partial charge in [-0.15, -0.1) is 5.10 Å². The first kappa shape index (κ1) is 19.8. The molecule has 0 unspecified atom stereocenters. The number of nitrogens with zero attached hydrogens (tertiary/aromatic N) is 3. The number of rotatable bonds is 7. The monoisotopic (exact) mass is 396 g/mol. The average molecular weight is 397 g/mol. The van der Waals surface area contributed by atoms with Crippen molar-refractivity contribution in [1.29, 1.82) is 0 Å². The highest BCUT2D eigenvalue weighted by Gasteiger charge is 2.12. The average Bonchev–Trinajstić information content (AvgIpc) is 3.17. The molecule has 1 N–H and O–H groups in total. The molecule has 3 rings (SSSR count). The van der Waals surface area contributed by atoms with Gasteiger partial charge in [0.2, 0.25) is 5.91 Å². The fourth-order valence-corrected chi connectivity index (χ4v) is 2.91. The number of hydrogen-bond donors (Lipinski definition) is 1. The van der Waals surface area contributed by atoms with Crippen LogP contribution in [-0.2, 0) is 4.79 Å². The van der Waals surface area contributed by atoms with Crippen LogP contribution in [0.5, 0.6) is 0 Å². The maximum Gasteiger partial charge on any atom is 0.224 e. The lowest BCUT2D eigenvalue weighted by atomic mass is 10.1. The number of carbonyl (C=O) groups excluding carboxylic acids is 2. The fraction of sp³-hybridized carbons (Fsp3) is 0.238. The summed E-state index contributed by atoms with van der Waals surface area (Å²) in [6.45, 7) is 4.14. The van der Waals surface area contributed by atoms with E-state index in [4.69, 9.17) is 11.6 Å². The van der Waals surface area contributed by atoms with Gasteiger partial charge < -0.3 is 5.32 Å². The van der Waals surface area contributed by atoms with Gasteiger partial charge in [0.25, 0.3) is 0 Å². The molecule has 0 bridgehead atoms. The Hall–Kier alpha value is -2.99. The van der Waals surface area contributed by atoms with Gasteiger partial charge in [0.15, 0.2) is 5.78 Å². The molecule has 144 valence electrons. The van der Waals surface area contributed by atoms with Gasteiger partial charge in [-0.05, 0) is 48.4 Å². The summed E-state index contributed by atoms with van der Waals surface area (Å²) in [5.41, 5.74) is 2.99. The van der Waals surface area contributed by atoms with Crippen LogP contribution in [-0.4, -0.2) is 26.7 Å². The summed E-state index contributed by atoms with van der Waals surface area (Å²) in [4.78, 5) is 24.4. The van der Waals surface area contributed by atoms with Crippen molar-refractivity contribution in [3.05, 3.63) is 71.0 Å². The van der Waals surface area contributed by atoms with Crippen LogP contribution < -0.4 is 5.32 Å². The molecule has 0 fully saturated rings. The van der Waals surface area contributed by atoms with Gasteiger partial charge in [0.1, 0.15) is 0 Å². The second kappa shape index (κ2) is 8.80. The summed E-state index contributed by atoms with van der Waals surface area (Å²) in [7, 11) is 0. The molecule has 6 nitrogen and oxygen atoms in total. The number of aromatic nitrogens is 3. The summed E-state index contributed by atoms with van der Waals surface area (Å²) >= 11 is 5.83. The molecule has 0 aliphatic heterocycles. The normalized spacial score (nSPS) is 10.9. The topological polar surface area (TPSA) is 76.9 Å². The van der Waals surface area contributed by atoms with Crippen molar-refractivity contribution in [2.24, 2.45) is 0 Å². The van der Waals surface area contributed by atoms with E-state index in [-0.39, 0.29) is 30.4 Å². The molecule has 3 aromatic rings. The largest absolute Gasteiger partial charge is 0.326 e. The lowest BCUT2D eigenvalue weighted by Crippen LogP contribution is -2.14. The van der Waals surface area contributed by atoms with E-state index in [9.17, 15) is 9.59 Å². The molecule has 0 radical (unpaired) electrons. The SMILES string of the molecule is CC(C)c1cnnn1-c1cccc(NC(=O)CCC(=O)c2ccc(Cl)cc2)c1. The number of hydrogen-bond acceptors (Lipinski definition) is 4. The summed E-state index contributed by atoms with van der Waals surface area (Å²) in [6.07, 6.45) is 1.97. The van der Waals surface area contributed by atoms with Crippen molar-refractivity contribution < 1.29 is 9.59 Å². The zero-order chi connectivity index (χ0) is 20.1. The molecule has 1 heterocycles. The van der Waals surface area contributed by atoms with Gasteiger partial charge in [0.05, 0.1) is 17.6 Å². The number of halogens is 1. The molecule has 0 aliphatic rings. The van der Waals surface area contributed by atoms with Gasteiger partial charge in [-0.3, -0.25) is 9.59 Å². The Kier molecular flexibility index (Phi) is 6.21. The number of carbonyl (C=O) groups is 2. The molecular weight excluding hydrogens is 376 g/mol. The van der Waals surface area contributed by atoms with Gasteiger partial charge in [-0.1, -0.05) is 36.7 Å². The first-order valence-corrected chi connectivity index (χ1v) is 9.41. The molecule has 28 heavy (non-hydrogen) atoms. The first-order valence-electron chi connectivity index (χ1n) is 9.03. The third kappa shape index (κ3) is 4.84. The Morgan fingerprint density at radius 3 is 2.57 bits per heavy atom. The second-order valence-electron chi connectivity index (χ2n) is 6.75. The Morgan fingerprint density at radius 1 is 1.11 bits per heavy atom. The molecule has 0 saturated carbocycles.